The molecule has 1 aliphatic carbocycles. The largest absolute Gasteiger partial charge is 0.390 e. The number of hydrogen-bond acceptors (Lipinski definition) is 4. The van der Waals surface area contributed by atoms with E-state index in [0.29, 0.717) is 37.0 Å². The van der Waals surface area contributed by atoms with Crippen LogP contribution in [0.15, 0.2) is 18.2 Å². The number of benzene rings is 1. The second kappa shape index (κ2) is 5.28. The number of aromatic amines is 1. The van der Waals surface area contributed by atoms with Crippen LogP contribution in [0.2, 0.25) is 0 Å². The Morgan fingerprint density at radius 2 is 1.87 bits per heavy atom. The van der Waals surface area contributed by atoms with Crippen LogP contribution >= 0.6 is 0 Å². The second-order valence-electron chi connectivity index (χ2n) is 6.58. The first kappa shape index (κ1) is 14.6. The van der Waals surface area contributed by atoms with Crippen LogP contribution in [-0.4, -0.2) is 56.3 Å². The Kier molecular flexibility index (Phi) is 3.35. The molecular weight excluding hydrogens is 301 g/mol. The van der Waals surface area contributed by atoms with Gasteiger partial charge < -0.3 is 20.1 Å². The van der Waals surface area contributed by atoms with Gasteiger partial charge in [0.25, 0.3) is 5.91 Å². The van der Waals surface area contributed by atoms with Crippen molar-refractivity contribution in [1.29, 1.82) is 0 Å². The summed E-state index contributed by atoms with van der Waals surface area (Å²) in [7, 11) is 0. The molecule has 2 fully saturated rings. The number of hydrogen-bond donors (Lipinski definition) is 3. The van der Waals surface area contributed by atoms with Crippen LogP contribution in [0.4, 0.5) is 4.39 Å². The maximum atomic E-state index is 13.2. The van der Waals surface area contributed by atoms with Crippen molar-refractivity contribution < 1.29 is 19.4 Å². The Balaban J connectivity index is 1.55. The van der Waals surface area contributed by atoms with Crippen molar-refractivity contribution in [1.82, 2.24) is 14.9 Å². The monoisotopic (exact) mass is 319 g/mol. The number of aromatic nitrogens is 2. The van der Waals surface area contributed by atoms with Gasteiger partial charge in [0.05, 0.1) is 23.2 Å². The Labute approximate surface area is 131 Å². The summed E-state index contributed by atoms with van der Waals surface area (Å²) in [6, 6.07) is 4.16. The highest BCUT2D eigenvalue weighted by Crippen LogP contribution is 2.36. The number of aliphatic hydroxyl groups is 2. The molecule has 1 saturated heterocycles. The molecule has 7 heteroatoms. The molecule has 2 heterocycles. The molecule has 23 heavy (non-hydrogen) atoms. The SMILES string of the molecule is O=C(c1nc2ccc(F)cc2[nH]1)N1C[C@H]2C[C@H](O)[C@H](O)C[C@H]2C1. The van der Waals surface area contributed by atoms with Gasteiger partial charge in [-0.05, 0) is 42.9 Å². The van der Waals surface area contributed by atoms with Gasteiger partial charge in [0.15, 0.2) is 5.82 Å². The van der Waals surface area contributed by atoms with Crippen molar-refractivity contribution in [2.45, 2.75) is 25.0 Å². The molecule has 6 nitrogen and oxygen atoms in total. The number of imidazole rings is 1. The number of carbonyl (C=O) groups excluding carboxylic acids is 1. The molecule has 2 aromatic rings. The smallest absolute Gasteiger partial charge is 0.289 e. The quantitative estimate of drug-likeness (QED) is 0.729. The number of carbonyl (C=O) groups is 1. The van der Waals surface area contributed by atoms with Crippen LogP contribution in [0.1, 0.15) is 23.5 Å². The molecule has 1 amide bonds. The average Bonchev–Trinajstić information content (AvgIpc) is 3.10. The molecule has 3 N–H and O–H groups in total. The first-order valence-electron chi connectivity index (χ1n) is 7.82. The van der Waals surface area contributed by atoms with Gasteiger partial charge in [-0.1, -0.05) is 0 Å². The van der Waals surface area contributed by atoms with E-state index < -0.39 is 12.2 Å². The van der Waals surface area contributed by atoms with Gasteiger partial charge in [-0.25, -0.2) is 9.37 Å². The highest BCUT2D eigenvalue weighted by Gasteiger charge is 2.42. The third kappa shape index (κ3) is 2.49. The Morgan fingerprint density at radius 1 is 1.22 bits per heavy atom. The summed E-state index contributed by atoms with van der Waals surface area (Å²) < 4.78 is 13.2. The topological polar surface area (TPSA) is 89.5 Å². The third-order valence-electron chi connectivity index (χ3n) is 5.04. The predicted molar refractivity (Wildman–Crippen MR) is 80.2 cm³/mol. The van der Waals surface area contributed by atoms with E-state index in [0.717, 1.165) is 0 Å². The van der Waals surface area contributed by atoms with Gasteiger partial charge >= 0.3 is 0 Å². The number of rotatable bonds is 1. The number of fused-ring (bicyclic) bond motifs is 2. The van der Waals surface area contributed by atoms with E-state index in [2.05, 4.69) is 9.97 Å². The van der Waals surface area contributed by atoms with E-state index >= 15 is 0 Å². The molecule has 0 radical (unpaired) electrons. The number of nitrogens with one attached hydrogen (secondary N) is 1. The minimum atomic E-state index is -0.708. The molecule has 4 atom stereocenters. The molecule has 1 aromatic carbocycles. The van der Waals surface area contributed by atoms with Crippen LogP contribution in [0.5, 0.6) is 0 Å². The van der Waals surface area contributed by atoms with Crippen molar-refractivity contribution >= 4 is 16.9 Å². The van der Waals surface area contributed by atoms with Crippen molar-refractivity contribution in [3.8, 4) is 0 Å². The number of aliphatic hydroxyl groups excluding tert-OH is 2. The molecular formula is C16H18FN3O3. The molecule has 2 aliphatic rings. The summed E-state index contributed by atoms with van der Waals surface area (Å²) in [5.41, 5.74) is 1.05. The van der Waals surface area contributed by atoms with Crippen LogP contribution in [-0.2, 0) is 0 Å². The fourth-order valence-electron chi connectivity index (χ4n) is 3.81. The van der Waals surface area contributed by atoms with Gasteiger partial charge in [0, 0.05) is 13.1 Å². The number of halogens is 1. The van der Waals surface area contributed by atoms with Gasteiger partial charge in [-0.3, -0.25) is 4.79 Å². The highest BCUT2D eigenvalue weighted by atomic mass is 19.1. The van der Waals surface area contributed by atoms with E-state index in [1.54, 1.807) is 4.90 Å². The molecule has 0 unspecified atom stereocenters. The highest BCUT2D eigenvalue weighted by molar-refractivity contribution is 5.94. The normalized spacial score (nSPS) is 30.7. The standard InChI is InChI=1S/C16H18FN3O3/c17-10-1-2-11-12(5-10)19-15(18-11)16(23)20-6-8-3-13(21)14(22)4-9(8)7-20/h1-2,5,8-9,13-14,21-22H,3-4,6-7H2,(H,18,19)/t8-,9+,13+,14-. The molecule has 1 aliphatic heterocycles. The maximum absolute atomic E-state index is 13.2. The lowest BCUT2D eigenvalue weighted by atomic mass is 9.79. The average molecular weight is 319 g/mol. The molecule has 4 rings (SSSR count). The van der Waals surface area contributed by atoms with Gasteiger partial charge in [-0.15, -0.1) is 0 Å². The van der Waals surface area contributed by atoms with Gasteiger partial charge in [0.2, 0.25) is 0 Å². The lowest BCUT2D eigenvalue weighted by molar-refractivity contribution is -0.0372. The van der Waals surface area contributed by atoms with Crippen LogP contribution < -0.4 is 0 Å². The number of H-pyrrole nitrogens is 1. The summed E-state index contributed by atoms with van der Waals surface area (Å²) in [5.74, 6) is 0.0130. The van der Waals surface area contributed by atoms with E-state index in [9.17, 15) is 19.4 Å². The minimum Gasteiger partial charge on any atom is -0.390 e. The van der Waals surface area contributed by atoms with Crippen LogP contribution in [0.25, 0.3) is 11.0 Å². The third-order valence-corrected chi connectivity index (χ3v) is 5.04. The van der Waals surface area contributed by atoms with E-state index in [4.69, 9.17) is 0 Å². The molecule has 0 spiro atoms. The summed E-state index contributed by atoms with van der Waals surface area (Å²) in [4.78, 5) is 21.4. The fourth-order valence-corrected chi connectivity index (χ4v) is 3.81. The number of likely N-dealkylation sites (tertiary alicyclic amines) is 1. The van der Waals surface area contributed by atoms with E-state index in [1.165, 1.54) is 18.2 Å². The maximum Gasteiger partial charge on any atom is 0.289 e. The zero-order chi connectivity index (χ0) is 16.1. The van der Waals surface area contributed by atoms with Crippen LogP contribution in [0, 0.1) is 17.7 Å². The lowest BCUT2D eigenvalue weighted by Gasteiger charge is -2.31. The van der Waals surface area contributed by atoms with Gasteiger partial charge in [-0.2, -0.15) is 0 Å². The first-order valence-corrected chi connectivity index (χ1v) is 7.82. The molecule has 0 bridgehead atoms. The van der Waals surface area contributed by atoms with Gasteiger partial charge in [0.1, 0.15) is 5.82 Å². The first-order chi connectivity index (χ1) is 11.0. The van der Waals surface area contributed by atoms with Crippen molar-refractivity contribution in [2.24, 2.45) is 11.8 Å². The van der Waals surface area contributed by atoms with Crippen molar-refractivity contribution in [2.75, 3.05) is 13.1 Å². The molecule has 1 saturated carbocycles. The summed E-state index contributed by atoms with van der Waals surface area (Å²) >= 11 is 0. The summed E-state index contributed by atoms with van der Waals surface area (Å²) in [5, 5.41) is 19.6. The molecule has 122 valence electrons. The molecule has 1 aromatic heterocycles. The van der Waals surface area contributed by atoms with Crippen LogP contribution in [0.3, 0.4) is 0 Å². The zero-order valence-electron chi connectivity index (χ0n) is 12.4. The van der Waals surface area contributed by atoms with E-state index in [-0.39, 0.29) is 29.4 Å². The minimum absolute atomic E-state index is 0.199. The Bertz CT molecular complexity index is 744. The second-order valence-corrected chi connectivity index (χ2v) is 6.58. The Morgan fingerprint density at radius 3 is 2.52 bits per heavy atom. The zero-order valence-corrected chi connectivity index (χ0v) is 12.4. The number of amides is 1. The predicted octanol–water partition coefficient (Wildman–Crippen LogP) is 0.906. The summed E-state index contributed by atoms with van der Waals surface area (Å²) in [6.45, 7) is 1.11. The Hall–Kier alpha value is -1.99. The summed E-state index contributed by atoms with van der Waals surface area (Å²) in [6.07, 6.45) is -0.386. The fraction of sp³-hybridized carbons (Fsp3) is 0.500. The van der Waals surface area contributed by atoms with Crippen molar-refractivity contribution in [3.05, 3.63) is 29.8 Å². The van der Waals surface area contributed by atoms with E-state index in [1.807, 2.05) is 0 Å². The number of nitrogens with zero attached hydrogens (tertiary/aromatic N) is 2. The van der Waals surface area contributed by atoms with Crippen molar-refractivity contribution in [3.63, 3.8) is 0 Å². The lowest BCUT2D eigenvalue weighted by Crippen LogP contribution is -2.38.